The molecule has 3 rings (SSSR count). The Hall–Kier alpha value is -2.09. The molecule has 1 heterocycles. The second-order valence-corrected chi connectivity index (χ2v) is 14.6. The Morgan fingerprint density at radius 3 is 2.15 bits per heavy atom. The van der Waals surface area contributed by atoms with E-state index in [0.29, 0.717) is 5.56 Å². The molecule has 0 aliphatic rings. The normalized spacial score (nSPS) is 12.2. The third-order valence-corrected chi connectivity index (χ3v) is 7.13. The third-order valence-electron chi connectivity index (χ3n) is 5.81. The minimum absolute atomic E-state index is 0.101. The minimum atomic E-state index is -1.75. The van der Waals surface area contributed by atoms with E-state index in [4.69, 9.17) is 0 Å². The molecule has 1 aromatic heterocycles. The topological polar surface area (TPSA) is 33.1 Å². The maximum Gasteiger partial charge on any atom is 0.149 e. The summed E-state index contributed by atoms with van der Waals surface area (Å²) < 4.78 is 14.6. The molecule has 176 valence electrons. The Balaban J connectivity index is 1.82. The van der Waals surface area contributed by atoms with Crippen LogP contribution in [0.3, 0.4) is 0 Å². The summed E-state index contributed by atoms with van der Waals surface area (Å²) in [6, 6.07) is 17.1. The summed E-state index contributed by atoms with van der Waals surface area (Å²) in [4.78, 5) is 14.2. The van der Waals surface area contributed by atoms with Gasteiger partial charge in [0, 0.05) is 17.7 Å². The molecule has 0 aliphatic heterocycles. The van der Waals surface area contributed by atoms with Crippen molar-refractivity contribution in [3.05, 3.63) is 88.5 Å². The number of aryl methyl sites for hydroxylation is 4. The molecular weight excluding hydrogens is 428 g/mol. The number of rotatable bonds is 8. The van der Waals surface area contributed by atoms with Crippen LogP contribution in [0.15, 0.2) is 54.7 Å². The first-order valence-corrected chi connectivity index (χ1v) is 14.6. The van der Waals surface area contributed by atoms with Crippen LogP contribution in [0, 0.1) is 18.2 Å². The Morgan fingerprint density at radius 1 is 0.879 bits per heavy atom. The highest BCUT2D eigenvalue weighted by Gasteiger charge is 2.20. The number of halogens is 1. The zero-order chi connectivity index (χ0) is 24.2. The first-order chi connectivity index (χ1) is 15.4. The van der Waals surface area contributed by atoms with Crippen molar-refractivity contribution in [1.29, 1.82) is 0 Å². The van der Waals surface area contributed by atoms with Gasteiger partial charge in [0.05, 0.1) is 25.7 Å². The first-order valence-electron chi connectivity index (χ1n) is 11.8. The lowest BCUT2D eigenvalue weighted by atomic mass is 9.83. The van der Waals surface area contributed by atoms with Crippen LogP contribution in [0.1, 0.15) is 48.7 Å². The summed E-state index contributed by atoms with van der Waals surface area (Å²) in [5.74, 6) is -0.270. The number of benzene rings is 2. The summed E-state index contributed by atoms with van der Waals surface area (Å²) in [7, 11) is -1.75. The van der Waals surface area contributed by atoms with Gasteiger partial charge in [-0.2, -0.15) is 0 Å². The van der Waals surface area contributed by atoms with Crippen LogP contribution in [0.25, 0.3) is 11.1 Å². The number of pyridine rings is 1. The van der Waals surface area contributed by atoms with Crippen molar-refractivity contribution in [2.24, 2.45) is 5.41 Å². The number of aromatic nitrogens is 1. The average Bonchev–Trinajstić information content (AvgIpc) is 2.71. The number of hydrogen-bond acceptors (Lipinski definition) is 2. The van der Waals surface area contributed by atoms with Crippen LogP contribution in [-0.2, 0) is 25.7 Å². The number of hydrogen-bond donors (Lipinski definition) is 1. The van der Waals surface area contributed by atoms with E-state index in [2.05, 4.69) is 68.2 Å². The summed E-state index contributed by atoms with van der Waals surface area (Å²) in [5, 5.41) is 0. The van der Waals surface area contributed by atoms with Gasteiger partial charge in [0.2, 0.25) is 0 Å². The van der Waals surface area contributed by atoms with E-state index < -0.39 is 7.49 Å². The van der Waals surface area contributed by atoms with Gasteiger partial charge >= 0.3 is 0 Å². The standard InChI is InChI=1S/C29H38FNOP/c1-21-16-27(28(30)20-31-21)26-13-12-24(18-25(26)19-29(2,3)4)11-10-22-8-7-9-23(17-22)14-15-33(5,6)32/h7-9,12-13,16-18,20,32H,10-11,14-15,19H2,1-6H3/q+1. The fourth-order valence-corrected chi connectivity index (χ4v) is 4.97. The first kappa shape index (κ1) is 25.5. The Morgan fingerprint density at radius 2 is 1.52 bits per heavy atom. The molecule has 0 saturated carbocycles. The smallest absolute Gasteiger partial charge is 0.149 e. The molecule has 0 aliphatic carbocycles. The van der Waals surface area contributed by atoms with Crippen molar-refractivity contribution >= 4 is 7.49 Å². The van der Waals surface area contributed by atoms with E-state index in [-0.39, 0.29) is 11.2 Å². The second kappa shape index (κ2) is 10.5. The maximum absolute atomic E-state index is 14.6. The van der Waals surface area contributed by atoms with E-state index in [9.17, 15) is 9.28 Å². The minimum Gasteiger partial charge on any atom is -0.259 e. The highest BCUT2D eigenvalue weighted by atomic mass is 31.2. The molecule has 2 aromatic carbocycles. The lowest BCUT2D eigenvalue weighted by Crippen LogP contribution is -2.11. The van der Waals surface area contributed by atoms with Crippen LogP contribution in [0.5, 0.6) is 0 Å². The fraction of sp³-hybridized carbons (Fsp3) is 0.414. The zero-order valence-electron chi connectivity index (χ0n) is 21.0. The molecule has 1 N–H and O–H groups in total. The predicted octanol–water partition coefficient (Wildman–Crippen LogP) is 7.30. The molecule has 2 nitrogen and oxygen atoms in total. The zero-order valence-corrected chi connectivity index (χ0v) is 21.8. The molecule has 0 amide bonds. The van der Waals surface area contributed by atoms with E-state index in [1.165, 1.54) is 28.5 Å². The van der Waals surface area contributed by atoms with Gasteiger partial charge in [-0.1, -0.05) is 63.2 Å². The predicted molar refractivity (Wildman–Crippen MR) is 141 cm³/mol. The van der Waals surface area contributed by atoms with E-state index in [1.807, 2.05) is 26.3 Å². The SMILES string of the molecule is Cc1cc(-c2ccc(CCc3cccc(CC[P+](C)(C)O)c3)cc2CC(C)(C)C)c(F)cn1. The van der Waals surface area contributed by atoms with Crippen LogP contribution < -0.4 is 0 Å². The van der Waals surface area contributed by atoms with Gasteiger partial charge in [-0.3, -0.25) is 9.88 Å². The van der Waals surface area contributed by atoms with E-state index in [0.717, 1.165) is 43.1 Å². The molecule has 4 heteroatoms. The van der Waals surface area contributed by atoms with Gasteiger partial charge < -0.3 is 0 Å². The van der Waals surface area contributed by atoms with Crippen molar-refractivity contribution in [2.45, 2.75) is 53.4 Å². The molecule has 0 unspecified atom stereocenters. The Bertz CT molecular complexity index is 1100. The van der Waals surface area contributed by atoms with Crippen molar-refractivity contribution < 1.29 is 9.28 Å². The molecule has 0 atom stereocenters. The molecule has 0 saturated heterocycles. The van der Waals surface area contributed by atoms with Gasteiger partial charge in [-0.15, -0.1) is 0 Å². The monoisotopic (exact) mass is 466 g/mol. The van der Waals surface area contributed by atoms with Crippen molar-refractivity contribution in [1.82, 2.24) is 4.98 Å². The van der Waals surface area contributed by atoms with E-state index in [1.54, 1.807) is 0 Å². The molecule has 0 fully saturated rings. The fourth-order valence-electron chi connectivity index (χ4n) is 4.16. The summed E-state index contributed by atoms with van der Waals surface area (Å²) in [6.45, 7) is 12.5. The molecule has 0 bridgehead atoms. The molecule has 33 heavy (non-hydrogen) atoms. The maximum atomic E-state index is 14.6. The third kappa shape index (κ3) is 8.02. The van der Waals surface area contributed by atoms with E-state index >= 15 is 0 Å². The number of nitrogens with zero attached hydrogens (tertiary/aromatic N) is 1. The lowest BCUT2D eigenvalue weighted by Gasteiger charge is -2.22. The molecule has 0 radical (unpaired) electrons. The van der Waals surface area contributed by atoms with Crippen LogP contribution in [0.2, 0.25) is 0 Å². The Labute approximate surface area is 199 Å². The van der Waals surface area contributed by atoms with Gasteiger partial charge in [-0.05, 0) is 65.5 Å². The highest BCUT2D eigenvalue weighted by Crippen LogP contribution is 2.46. The second-order valence-electron chi connectivity index (χ2n) is 10.9. The van der Waals surface area contributed by atoms with Crippen molar-refractivity contribution in [2.75, 3.05) is 19.5 Å². The highest BCUT2D eigenvalue weighted by molar-refractivity contribution is 7.68. The van der Waals surface area contributed by atoms with Crippen molar-refractivity contribution in [3.63, 3.8) is 0 Å². The van der Waals surface area contributed by atoms with Gasteiger partial charge in [0.25, 0.3) is 0 Å². The lowest BCUT2D eigenvalue weighted by molar-refractivity contribution is 0.411. The van der Waals surface area contributed by atoms with Gasteiger partial charge in [-0.25, -0.2) is 4.39 Å². The van der Waals surface area contributed by atoms with Gasteiger partial charge in [0.15, 0.2) is 0 Å². The largest absolute Gasteiger partial charge is 0.259 e. The van der Waals surface area contributed by atoms with Crippen LogP contribution >= 0.6 is 7.49 Å². The summed E-state index contributed by atoms with van der Waals surface area (Å²) in [6.07, 6.45) is 5.89. The molecule has 0 spiro atoms. The van der Waals surface area contributed by atoms with Crippen molar-refractivity contribution in [3.8, 4) is 11.1 Å². The molecule has 3 aromatic rings. The summed E-state index contributed by atoms with van der Waals surface area (Å²) >= 11 is 0. The van der Waals surface area contributed by atoms with Crippen LogP contribution in [-0.4, -0.2) is 29.4 Å². The molecular formula is C29H38FNOP+. The average molecular weight is 467 g/mol. The van der Waals surface area contributed by atoms with Gasteiger partial charge in [0.1, 0.15) is 13.3 Å². The Kier molecular flexibility index (Phi) is 8.08. The van der Waals surface area contributed by atoms with Crippen LogP contribution in [0.4, 0.5) is 4.39 Å². The quantitative estimate of drug-likeness (QED) is 0.353. The summed E-state index contributed by atoms with van der Waals surface area (Å²) in [5.41, 5.74) is 7.60.